The van der Waals surface area contributed by atoms with Gasteiger partial charge in [0, 0.05) is 13.1 Å². The largest absolute Gasteiger partial charge is 0.432 e. The summed E-state index contributed by atoms with van der Waals surface area (Å²) in [4.78, 5) is 6.12. The lowest BCUT2D eigenvalue weighted by Gasteiger charge is -2.15. The fourth-order valence-electron chi connectivity index (χ4n) is 1.16. The van der Waals surface area contributed by atoms with Crippen LogP contribution >= 0.6 is 0 Å². The van der Waals surface area contributed by atoms with Gasteiger partial charge >= 0.3 is 0 Å². The molecule has 0 aliphatic carbocycles. The van der Waals surface area contributed by atoms with Gasteiger partial charge in [-0.05, 0) is 6.42 Å². The minimum atomic E-state index is 0.388. The number of aromatic nitrogens is 1. The molecule has 0 bridgehead atoms. The Balaban J connectivity index is 2.72. The first-order valence-electron chi connectivity index (χ1n) is 4.64. The third-order valence-corrected chi connectivity index (χ3v) is 1.79. The molecule has 0 aromatic carbocycles. The van der Waals surface area contributed by atoms with Gasteiger partial charge in [-0.25, -0.2) is 0 Å². The lowest BCUT2D eigenvalue weighted by Crippen LogP contribution is -2.24. The maximum absolute atomic E-state index is 5.43. The minimum absolute atomic E-state index is 0.388. The smallest absolute Gasteiger partial charge is 0.298 e. The third-order valence-electron chi connectivity index (χ3n) is 1.79. The van der Waals surface area contributed by atoms with Crippen LogP contribution in [0, 0.1) is 12.3 Å². The molecule has 0 amide bonds. The molecule has 4 nitrogen and oxygen atoms in total. The highest BCUT2D eigenvalue weighted by Gasteiger charge is 2.10. The SMILES string of the molecule is C#CCN(CCC)c1nc(CN)co1. The van der Waals surface area contributed by atoms with Crippen molar-refractivity contribution in [2.75, 3.05) is 18.0 Å². The maximum atomic E-state index is 5.43. The quantitative estimate of drug-likeness (QED) is 0.708. The first-order valence-corrected chi connectivity index (χ1v) is 4.64. The van der Waals surface area contributed by atoms with Crippen molar-refractivity contribution in [3.05, 3.63) is 12.0 Å². The van der Waals surface area contributed by atoms with Gasteiger partial charge in [-0.1, -0.05) is 12.8 Å². The van der Waals surface area contributed by atoms with Gasteiger partial charge in [-0.3, -0.25) is 0 Å². The van der Waals surface area contributed by atoms with E-state index in [2.05, 4.69) is 17.8 Å². The molecule has 0 saturated carbocycles. The molecule has 0 unspecified atom stereocenters. The van der Waals surface area contributed by atoms with Gasteiger partial charge in [0.1, 0.15) is 6.26 Å². The normalized spacial score (nSPS) is 9.79. The van der Waals surface area contributed by atoms with Crippen molar-refractivity contribution in [1.82, 2.24) is 4.98 Å². The summed E-state index contributed by atoms with van der Waals surface area (Å²) in [5.41, 5.74) is 6.18. The number of hydrogen-bond acceptors (Lipinski definition) is 4. The number of hydrogen-bond donors (Lipinski definition) is 1. The number of rotatable bonds is 5. The van der Waals surface area contributed by atoms with Crippen LogP contribution in [0.25, 0.3) is 0 Å². The Morgan fingerprint density at radius 3 is 3.00 bits per heavy atom. The Labute approximate surface area is 84.1 Å². The number of anilines is 1. The summed E-state index contributed by atoms with van der Waals surface area (Å²) >= 11 is 0. The van der Waals surface area contributed by atoms with Crippen molar-refractivity contribution in [2.45, 2.75) is 19.9 Å². The Bertz CT molecular complexity index is 313. The average Bonchev–Trinajstić information content (AvgIpc) is 2.65. The first-order chi connectivity index (χ1) is 6.81. The monoisotopic (exact) mass is 193 g/mol. The van der Waals surface area contributed by atoms with Crippen molar-refractivity contribution in [3.63, 3.8) is 0 Å². The van der Waals surface area contributed by atoms with Crippen LogP contribution in [0.4, 0.5) is 6.01 Å². The molecule has 0 saturated heterocycles. The summed E-state index contributed by atoms with van der Waals surface area (Å²) in [6.07, 6.45) is 7.82. The van der Waals surface area contributed by atoms with Crippen LogP contribution in [-0.4, -0.2) is 18.1 Å². The van der Waals surface area contributed by atoms with Crippen LogP contribution in [0.5, 0.6) is 0 Å². The molecule has 0 atom stereocenters. The van der Waals surface area contributed by atoms with Crippen molar-refractivity contribution >= 4 is 6.01 Å². The Kier molecular flexibility index (Phi) is 4.02. The van der Waals surface area contributed by atoms with Crippen LogP contribution in [0.2, 0.25) is 0 Å². The number of terminal acetylenes is 1. The summed E-state index contributed by atoms with van der Waals surface area (Å²) < 4.78 is 5.26. The lowest BCUT2D eigenvalue weighted by atomic mass is 10.4. The van der Waals surface area contributed by atoms with Gasteiger partial charge in [0.25, 0.3) is 6.01 Å². The fraction of sp³-hybridized carbons (Fsp3) is 0.500. The standard InChI is InChI=1S/C10H15N3O/c1-3-5-13(6-4-2)10-12-9(7-11)8-14-10/h1,8H,4-7,11H2,2H3. The van der Waals surface area contributed by atoms with Crippen molar-refractivity contribution in [2.24, 2.45) is 5.73 Å². The summed E-state index contributed by atoms with van der Waals surface area (Å²) in [7, 11) is 0. The van der Waals surface area contributed by atoms with Gasteiger partial charge in [0.2, 0.25) is 0 Å². The molecule has 2 N–H and O–H groups in total. The number of oxazole rings is 1. The summed E-state index contributed by atoms with van der Waals surface area (Å²) in [5.74, 6) is 2.57. The summed E-state index contributed by atoms with van der Waals surface area (Å²) in [5, 5.41) is 0. The average molecular weight is 193 g/mol. The predicted octanol–water partition coefficient (Wildman–Crippen LogP) is 0.983. The van der Waals surface area contributed by atoms with Gasteiger partial charge < -0.3 is 15.1 Å². The molecule has 14 heavy (non-hydrogen) atoms. The van der Waals surface area contributed by atoms with E-state index in [1.54, 1.807) is 6.26 Å². The molecule has 4 heteroatoms. The Hall–Kier alpha value is -1.47. The molecule has 76 valence electrons. The molecule has 1 aromatic heterocycles. The predicted molar refractivity (Wildman–Crippen MR) is 55.7 cm³/mol. The second-order valence-electron chi connectivity index (χ2n) is 2.95. The number of nitrogens with zero attached hydrogens (tertiary/aromatic N) is 2. The second kappa shape index (κ2) is 5.30. The van der Waals surface area contributed by atoms with Gasteiger partial charge in [0.15, 0.2) is 0 Å². The van der Waals surface area contributed by atoms with E-state index in [1.807, 2.05) is 4.90 Å². The molecular formula is C10H15N3O. The van der Waals surface area contributed by atoms with E-state index >= 15 is 0 Å². The minimum Gasteiger partial charge on any atom is -0.432 e. The highest BCUT2D eigenvalue weighted by molar-refractivity contribution is 5.29. The van der Waals surface area contributed by atoms with E-state index in [0.717, 1.165) is 18.7 Å². The number of nitrogens with two attached hydrogens (primary N) is 1. The van der Waals surface area contributed by atoms with Crippen LogP contribution in [0.1, 0.15) is 19.0 Å². The molecule has 0 aliphatic heterocycles. The van der Waals surface area contributed by atoms with Crippen molar-refractivity contribution < 1.29 is 4.42 Å². The molecule has 0 fully saturated rings. The Morgan fingerprint density at radius 2 is 2.50 bits per heavy atom. The molecule has 0 spiro atoms. The zero-order chi connectivity index (χ0) is 10.4. The molecular weight excluding hydrogens is 178 g/mol. The van der Waals surface area contributed by atoms with Crippen LogP contribution in [-0.2, 0) is 6.54 Å². The molecule has 1 aromatic rings. The zero-order valence-electron chi connectivity index (χ0n) is 8.36. The van der Waals surface area contributed by atoms with Gasteiger partial charge in [0.05, 0.1) is 12.2 Å². The first kappa shape index (κ1) is 10.6. The topological polar surface area (TPSA) is 55.3 Å². The highest BCUT2D eigenvalue weighted by Crippen LogP contribution is 2.13. The lowest BCUT2D eigenvalue weighted by molar-refractivity contribution is 0.538. The van der Waals surface area contributed by atoms with Gasteiger partial charge in [-0.2, -0.15) is 4.98 Å². The summed E-state index contributed by atoms with van der Waals surface area (Å²) in [6, 6.07) is 0.560. The summed E-state index contributed by atoms with van der Waals surface area (Å²) in [6.45, 7) is 3.82. The van der Waals surface area contributed by atoms with Crippen molar-refractivity contribution in [1.29, 1.82) is 0 Å². The Morgan fingerprint density at radius 1 is 1.71 bits per heavy atom. The molecule has 0 radical (unpaired) electrons. The molecule has 1 rings (SSSR count). The van der Waals surface area contributed by atoms with E-state index in [1.165, 1.54) is 0 Å². The highest BCUT2D eigenvalue weighted by atomic mass is 16.4. The van der Waals surface area contributed by atoms with Crippen LogP contribution in [0.3, 0.4) is 0 Å². The van der Waals surface area contributed by atoms with E-state index in [4.69, 9.17) is 16.6 Å². The van der Waals surface area contributed by atoms with Gasteiger partial charge in [-0.15, -0.1) is 6.42 Å². The van der Waals surface area contributed by atoms with Crippen LogP contribution in [0.15, 0.2) is 10.7 Å². The van der Waals surface area contributed by atoms with Crippen molar-refractivity contribution in [3.8, 4) is 12.3 Å². The third kappa shape index (κ3) is 2.51. The maximum Gasteiger partial charge on any atom is 0.298 e. The van der Waals surface area contributed by atoms with E-state index in [0.29, 0.717) is 19.1 Å². The zero-order valence-corrected chi connectivity index (χ0v) is 8.36. The van der Waals surface area contributed by atoms with E-state index in [-0.39, 0.29) is 0 Å². The fourth-order valence-corrected chi connectivity index (χ4v) is 1.16. The van der Waals surface area contributed by atoms with E-state index in [9.17, 15) is 0 Å². The molecule has 1 heterocycles. The second-order valence-corrected chi connectivity index (χ2v) is 2.95. The molecule has 0 aliphatic rings. The van der Waals surface area contributed by atoms with E-state index < -0.39 is 0 Å². The van der Waals surface area contributed by atoms with Crippen LogP contribution < -0.4 is 10.6 Å².